The predicted molar refractivity (Wildman–Crippen MR) is 112 cm³/mol. The second-order valence-electron chi connectivity index (χ2n) is 7.37. The maximum absolute atomic E-state index is 6.56. The van der Waals surface area contributed by atoms with Crippen LogP contribution in [0.25, 0.3) is 6.08 Å². The van der Waals surface area contributed by atoms with Gasteiger partial charge in [-0.3, -0.25) is 0 Å². The minimum Gasteiger partial charge on any atom is -0.497 e. The van der Waals surface area contributed by atoms with Crippen LogP contribution in [0.15, 0.2) is 96.6 Å². The van der Waals surface area contributed by atoms with Crippen molar-refractivity contribution >= 4 is 6.08 Å². The zero-order valence-corrected chi connectivity index (χ0v) is 15.8. The van der Waals surface area contributed by atoms with Gasteiger partial charge in [-0.2, -0.15) is 0 Å². The Labute approximate surface area is 165 Å². The van der Waals surface area contributed by atoms with Crippen molar-refractivity contribution in [2.24, 2.45) is 0 Å². The Bertz CT molecular complexity index is 1010. The van der Waals surface area contributed by atoms with E-state index in [1.165, 1.54) is 27.8 Å². The Hall–Kier alpha value is -3.10. The van der Waals surface area contributed by atoms with E-state index in [1.54, 1.807) is 7.11 Å². The van der Waals surface area contributed by atoms with Crippen molar-refractivity contribution in [2.75, 3.05) is 13.7 Å². The molecule has 5 rings (SSSR count). The van der Waals surface area contributed by atoms with Crippen LogP contribution in [-0.2, 0) is 10.2 Å². The molecule has 0 aromatic heterocycles. The highest BCUT2D eigenvalue weighted by Crippen LogP contribution is 2.46. The second kappa shape index (κ2) is 6.81. The summed E-state index contributed by atoms with van der Waals surface area (Å²) in [5.41, 5.74) is 5.75. The molecule has 0 N–H and O–H groups in total. The first-order chi connectivity index (χ1) is 13.8. The van der Waals surface area contributed by atoms with Crippen molar-refractivity contribution < 1.29 is 9.47 Å². The van der Waals surface area contributed by atoms with E-state index in [4.69, 9.17) is 9.47 Å². The van der Waals surface area contributed by atoms with Gasteiger partial charge in [-0.1, -0.05) is 85.0 Å². The lowest BCUT2D eigenvalue weighted by molar-refractivity contribution is 0.0454. The highest BCUT2D eigenvalue weighted by molar-refractivity contribution is 5.66. The van der Waals surface area contributed by atoms with E-state index >= 15 is 0 Å². The number of hydrogen-bond acceptors (Lipinski definition) is 2. The largest absolute Gasteiger partial charge is 0.497 e. The molecule has 0 spiro atoms. The minimum atomic E-state index is -0.297. The summed E-state index contributed by atoms with van der Waals surface area (Å²) < 4.78 is 12.0. The predicted octanol–water partition coefficient (Wildman–Crippen LogP) is 5.71. The van der Waals surface area contributed by atoms with Crippen LogP contribution in [0.1, 0.15) is 28.4 Å². The fourth-order valence-corrected chi connectivity index (χ4v) is 4.33. The lowest BCUT2D eigenvalue weighted by atomic mass is 9.71. The molecule has 0 radical (unpaired) electrons. The third-order valence-corrected chi connectivity index (χ3v) is 5.80. The van der Waals surface area contributed by atoms with E-state index in [0.717, 1.165) is 5.75 Å². The minimum absolute atomic E-state index is 0.0596. The molecule has 0 fully saturated rings. The van der Waals surface area contributed by atoms with Gasteiger partial charge in [0.25, 0.3) is 0 Å². The summed E-state index contributed by atoms with van der Waals surface area (Å²) >= 11 is 0. The molecule has 1 atom stereocenters. The van der Waals surface area contributed by atoms with Crippen molar-refractivity contribution in [1.29, 1.82) is 0 Å². The second-order valence-corrected chi connectivity index (χ2v) is 7.37. The Morgan fingerprint density at radius 1 is 0.857 bits per heavy atom. The number of methoxy groups -OCH3 is 1. The molecule has 28 heavy (non-hydrogen) atoms. The third kappa shape index (κ3) is 2.69. The summed E-state index contributed by atoms with van der Waals surface area (Å²) in [6, 6.07) is 27.5. The maximum Gasteiger partial charge on any atom is 0.119 e. The molecule has 1 unspecified atom stereocenters. The molecular weight excluding hydrogens is 344 g/mol. The van der Waals surface area contributed by atoms with Gasteiger partial charge in [0.1, 0.15) is 11.9 Å². The first kappa shape index (κ1) is 17.0. The van der Waals surface area contributed by atoms with Crippen molar-refractivity contribution in [3.8, 4) is 5.75 Å². The van der Waals surface area contributed by atoms with E-state index in [9.17, 15) is 0 Å². The van der Waals surface area contributed by atoms with Gasteiger partial charge in [-0.25, -0.2) is 0 Å². The van der Waals surface area contributed by atoms with Gasteiger partial charge in [0.2, 0.25) is 0 Å². The third-order valence-electron chi connectivity index (χ3n) is 5.80. The van der Waals surface area contributed by atoms with Crippen LogP contribution in [0.5, 0.6) is 5.75 Å². The van der Waals surface area contributed by atoms with Crippen molar-refractivity contribution in [3.05, 3.63) is 119 Å². The van der Waals surface area contributed by atoms with Gasteiger partial charge in [0.15, 0.2) is 0 Å². The normalized spacial score (nSPS) is 19.3. The smallest absolute Gasteiger partial charge is 0.119 e. The van der Waals surface area contributed by atoms with Gasteiger partial charge in [-0.05, 0) is 40.0 Å². The van der Waals surface area contributed by atoms with Crippen LogP contribution in [-0.4, -0.2) is 13.7 Å². The Morgan fingerprint density at radius 3 is 2.18 bits per heavy atom. The molecule has 0 saturated heterocycles. The first-order valence-corrected chi connectivity index (χ1v) is 9.62. The summed E-state index contributed by atoms with van der Waals surface area (Å²) in [6.45, 7) is 0.597. The quantitative estimate of drug-likeness (QED) is 0.591. The maximum atomic E-state index is 6.56. The van der Waals surface area contributed by atoms with Gasteiger partial charge in [0.05, 0.1) is 19.1 Å². The van der Waals surface area contributed by atoms with Crippen molar-refractivity contribution in [3.63, 3.8) is 0 Å². The average Bonchev–Trinajstić information content (AvgIpc) is 2.79. The number of fused-ring (bicyclic) bond motifs is 3. The topological polar surface area (TPSA) is 18.5 Å². The summed E-state index contributed by atoms with van der Waals surface area (Å²) in [5, 5.41) is 0. The van der Waals surface area contributed by atoms with Crippen molar-refractivity contribution in [1.82, 2.24) is 0 Å². The monoisotopic (exact) mass is 366 g/mol. The average molecular weight is 366 g/mol. The molecule has 0 amide bonds. The molecule has 138 valence electrons. The van der Waals surface area contributed by atoms with E-state index in [2.05, 4.69) is 91.0 Å². The lowest BCUT2D eigenvalue weighted by Gasteiger charge is -2.40. The van der Waals surface area contributed by atoms with E-state index in [1.807, 2.05) is 6.07 Å². The van der Waals surface area contributed by atoms with Crippen LogP contribution in [0.3, 0.4) is 0 Å². The molecule has 1 aliphatic heterocycles. The number of rotatable bonds is 3. The Balaban J connectivity index is 1.67. The highest BCUT2D eigenvalue weighted by atomic mass is 16.5. The number of hydrogen-bond donors (Lipinski definition) is 0. The first-order valence-electron chi connectivity index (χ1n) is 9.62. The molecule has 3 aromatic carbocycles. The zero-order valence-electron chi connectivity index (χ0n) is 15.8. The van der Waals surface area contributed by atoms with E-state index in [-0.39, 0.29) is 11.5 Å². The van der Waals surface area contributed by atoms with Gasteiger partial charge in [-0.15, -0.1) is 0 Å². The standard InChI is InChI=1S/C26H22O2/c1-27-23-15-14-19-12-13-20-17-26(21-8-4-2-5-9-21,22-10-6-3-7-11-22)18-28-25(20)24(19)16-23/h2-17,25H,18H2,1H3. The fraction of sp³-hybridized carbons (Fsp3) is 0.154. The van der Waals surface area contributed by atoms with Gasteiger partial charge >= 0.3 is 0 Å². The molecule has 0 bridgehead atoms. The molecule has 2 aliphatic rings. The SMILES string of the molecule is COc1ccc2c(c1)C1OCC(c3ccccc3)(c3ccccc3)C=C1C=C2. The number of ether oxygens (including phenoxy) is 2. The molecule has 2 heteroatoms. The zero-order chi connectivity index (χ0) is 19.0. The summed E-state index contributed by atoms with van der Waals surface area (Å²) in [7, 11) is 1.70. The van der Waals surface area contributed by atoms with Crippen LogP contribution in [0.4, 0.5) is 0 Å². The molecule has 1 heterocycles. The van der Waals surface area contributed by atoms with Crippen molar-refractivity contribution in [2.45, 2.75) is 11.5 Å². The Kier molecular flexibility index (Phi) is 4.14. The molecule has 0 saturated carbocycles. The van der Waals surface area contributed by atoms with E-state index in [0.29, 0.717) is 6.61 Å². The molecule has 2 nitrogen and oxygen atoms in total. The summed E-state index contributed by atoms with van der Waals surface area (Å²) in [6.07, 6.45) is 6.70. The molecule has 1 aliphatic carbocycles. The van der Waals surface area contributed by atoms with Crippen LogP contribution in [0, 0.1) is 0 Å². The highest BCUT2D eigenvalue weighted by Gasteiger charge is 2.39. The summed E-state index contributed by atoms with van der Waals surface area (Å²) in [5.74, 6) is 0.861. The molecule has 3 aromatic rings. The lowest BCUT2D eigenvalue weighted by Crippen LogP contribution is -2.37. The summed E-state index contributed by atoms with van der Waals surface area (Å²) in [4.78, 5) is 0. The fourth-order valence-electron chi connectivity index (χ4n) is 4.33. The molecular formula is C26H22O2. The van der Waals surface area contributed by atoms with Gasteiger partial charge < -0.3 is 9.47 Å². The van der Waals surface area contributed by atoms with E-state index < -0.39 is 0 Å². The van der Waals surface area contributed by atoms with Crippen LogP contribution >= 0.6 is 0 Å². The Morgan fingerprint density at radius 2 is 1.54 bits per heavy atom. The van der Waals surface area contributed by atoms with Gasteiger partial charge in [0, 0.05) is 0 Å². The number of benzene rings is 3. The van der Waals surface area contributed by atoms with Crippen LogP contribution in [0.2, 0.25) is 0 Å². The van der Waals surface area contributed by atoms with Crippen LogP contribution < -0.4 is 4.74 Å².